The van der Waals surface area contributed by atoms with Gasteiger partial charge in [0, 0.05) is 11.9 Å². The van der Waals surface area contributed by atoms with Crippen LogP contribution in [0.4, 0.5) is 0 Å². The van der Waals surface area contributed by atoms with Crippen LogP contribution in [0.1, 0.15) is 24.1 Å². The van der Waals surface area contributed by atoms with E-state index in [1.54, 1.807) is 6.20 Å². The highest BCUT2D eigenvalue weighted by atomic mass is 16.3. The molecule has 0 amide bonds. The Hall–Kier alpha value is -1.67. The predicted octanol–water partition coefficient (Wildman–Crippen LogP) is 3.01. The second-order valence-electron chi connectivity index (χ2n) is 4.54. The quantitative estimate of drug-likeness (QED) is 0.843. The molecule has 0 fully saturated rings. The summed E-state index contributed by atoms with van der Waals surface area (Å²) in [5.74, 6) is 0. The molecular formula is C16H19NO. The summed E-state index contributed by atoms with van der Waals surface area (Å²) < 4.78 is 0. The van der Waals surface area contributed by atoms with E-state index in [2.05, 4.69) is 17.1 Å². The molecule has 0 spiro atoms. The zero-order valence-corrected chi connectivity index (χ0v) is 10.5. The van der Waals surface area contributed by atoms with Gasteiger partial charge in [0.15, 0.2) is 0 Å². The average Bonchev–Trinajstić information content (AvgIpc) is 2.45. The number of aromatic nitrogens is 1. The maximum Gasteiger partial charge on any atom is 0.0547 e. The molecule has 94 valence electrons. The third-order valence-electron chi connectivity index (χ3n) is 3.07. The fraction of sp³-hybridized carbons (Fsp3) is 0.312. The second kappa shape index (κ2) is 6.92. The third-order valence-corrected chi connectivity index (χ3v) is 3.07. The van der Waals surface area contributed by atoms with E-state index in [0.29, 0.717) is 0 Å². The Kier molecular flexibility index (Phi) is 4.91. The van der Waals surface area contributed by atoms with Gasteiger partial charge in [0.1, 0.15) is 0 Å². The summed E-state index contributed by atoms with van der Waals surface area (Å²) in [5, 5.41) is 9.94. The molecule has 1 aromatic heterocycles. The van der Waals surface area contributed by atoms with Crippen LogP contribution in [0.2, 0.25) is 0 Å². The van der Waals surface area contributed by atoms with Gasteiger partial charge in [-0.05, 0) is 43.4 Å². The van der Waals surface area contributed by atoms with Gasteiger partial charge in [-0.25, -0.2) is 0 Å². The first-order valence-electron chi connectivity index (χ1n) is 6.46. The van der Waals surface area contributed by atoms with Crippen LogP contribution in [0.3, 0.4) is 0 Å². The standard InChI is InChI=1S/C16H19NO/c18-16(11-9-14-6-2-1-3-7-14)12-10-15-8-4-5-13-17-15/h1-8,13,16,18H,9-12H2. The first-order valence-corrected chi connectivity index (χ1v) is 6.46. The highest BCUT2D eigenvalue weighted by Gasteiger charge is 2.05. The minimum absolute atomic E-state index is 0.243. The topological polar surface area (TPSA) is 33.1 Å². The lowest BCUT2D eigenvalue weighted by Crippen LogP contribution is -2.09. The zero-order chi connectivity index (χ0) is 12.6. The maximum absolute atomic E-state index is 9.94. The minimum Gasteiger partial charge on any atom is -0.393 e. The van der Waals surface area contributed by atoms with Gasteiger partial charge < -0.3 is 5.11 Å². The number of rotatable bonds is 6. The molecular weight excluding hydrogens is 222 g/mol. The van der Waals surface area contributed by atoms with Crippen LogP contribution in [0.25, 0.3) is 0 Å². The van der Waals surface area contributed by atoms with Gasteiger partial charge in [0.25, 0.3) is 0 Å². The highest BCUT2D eigenvalue weighted by molar-refractivity contribution is 5.14. The molecule has 0 radical (unpaired) electrons. The van der Waals surface area contributed by atoms with E-state index in [1.165, 1.54) is 5.56 Å². The molecule has 1 heterocycles. The largest absolute Gasteiger partial charge is 0.393 e. The smallest absolute Gasteiger partial charge is 0.0547 e. The van der Waals surface area contributed by atoms with E-state index in [0.717, 1.165) is 31.4 Å². The molecule has 0 aliphatic heterocycles. The van der Waals surface area contributed by atoms with E-state index >= 15 is 0 Å². The Morgan fingerprint density at radius 2 is 1.61 bits per heavy atom. The summed E-state index contributed by atoms with van der Waals surface area (Å²) in [5.41, 5.74) is 2.34. The molecule has 0 bridgehead atoms. The van der Waals surface area contributed by atoms with Crippen LogP contribution in [0.15, 0.2) is 54.7 Å². The molecule has 0 saturated heterocycles. The lowest BCUT2D eigenvalue weighted by Gasteiger charge is -2.10. The van der Waals surface area contributed by atoms with Crippen molar-refractivity contribution in [3.8, 4) is 0 Å². The molecule has 2 nitrogen and oxygen atoms in total. The van der Waals surface area contributed by atoms with Crippen LogP contribution in [-0.4, -0.2) is 16.2 Å². The predicted molar refractivity (Wildman–Crippen MR) is 73.3 cm³/mol. The van der Waals surface area contributed by atoms with Crippen molar-refractivity contribution in [2.24, 2.45) is 0 Å². The fourth-order valence-corrected chi connectivity index (χ4v) is 1.98. The van der Waals surface area contributed by atoms with Crippen molar-refractivity contribution in [2.45, 2.75) is 31.8 Å². The number of nitrogens with zero attached hydrogens (tertiary/aromatic N) is 1. The molecule has 1 N–H and O–H groups in total. The molecule has 1 atom stereocenters. The van der Waals surface area contributed by atoms with E-state index in [-0.39, 0.29) is 6.10 Å². The van der Waals surface area contributed by atoms with Crippen LogP contribution in [0.5, 0.6) is 0 Å². The number of pyridine rings is 1. The lowest BCUT2D eigenvalue weighted by atomic mass is 10.0. The zero-order valence-electron chi connectivity index (χ0n) is 10.5. The molecule has 0 aliphatic rings. The fourth-order valence-electron chi connectivity index (χ4n) is 1.98. The number of hydrogen-bond acceptors (Lipinski definition) is 2. The van der Waals surface area contributed by atoms with Gasteiger partial charge in [-0.3, -0.25) is 4.98 Å². The maximum atomic E-state index is 9.94. The molecule has 18 heavy (non-hydrogen) atoms. The normalized spacial score (nSPS) is 12.3. The Balaban J connectivity index is 1.71. The summed E-state index contributed by atoms with van der Waals surface area (Å²) in [4.78, 5) is 4.26. The van der Waals surface area contributed by atoms with Crippen LogP contribution < -0.4 is 0 Å². The van der Waals surface area contributed by atoms with Crippen LogP contribution >= 0.6 is 0 Å². The number of aliphatic hydroxyl groups is 1. The Morgan fingerprint density at radius 3 is 2.33 bits per heavy atom. The second-order valence-corrected chi connectivity index (χ2v) is 4.54. The first-order chi connectivity index (χ1) is 8.84. The number of aliphatic hydroxyl groups excluding tert-OH is 1. The number of benzene rings is 1. The van der Waals surface area contributed by atoms with Crippen molar-refractivity contribution in [2.75, 3.05) is 0 Å². The summed E-state index contributed by atoms with van der Waals surface area (Å²) in [6.07, 6.45) is 4.93. The number of aryl methyl sites for hydroxylation is 2. The molecule has 2 aromatic rings. The van der Waals surface area contributed by atoms with Crippen LogP contribution in [0, 0.1) is 0 Å². The van der Waals surface area contributed by atoms with E-state index in [1.807, 2.05) is 36.4 Å². The minimum atomic E-state index is -0.243. The van der Waals surface area contributed by atoms with Gasteiger partial charge >= 0.3 is 0 Å². The SMILES string of the molecule is OC(CCc1ccccc1)CCc1ccccn1. The van der Waals surface area contributed by atoms with Crippen molar-refractivity contribution in [3.63, 3.8) is 0 Å². The summed E-state index contributed by atoms with van der Waals surface area (Å²) >= 11 is 0. The number of hydrogen-bond donors (Lipinski definition) is 1. The lowest BCUT2D eigenvalue weighted by molar-refractivity contribution is 0.155. The monoisotopic (exact) mass is 241 g/mol. The molecule has 1 unspecified atom stereocenters. The van der Waals surface area contributed by atoms with Gasteiger partial charge in [-0.15, -0.1) is 0 Å². The Morgan fingerprint density at radius 1 is 0.889 bits per heavy atom. The van der Waals surface area contributed by atoms with Gasteiger partial charge in [-0.1, -0.05) is 36.4 Å². The van der Waals surface area contributed by atoms with Gasteiger partial charge in [0.2, 0.25) is 0 Å². The summed E-state index contributed by atoms with van der Waals surface area (Å²) in [6, 6.07) is 16.2. The van der Waals surface area contributed by atoms with Crippen molar-refractivity contribution in [3.05, 3.63) is 66.0 Å². The van der Waals surface area contributed by atoms with Crippen molar-refractivity contribution in [1.29, 1.82) is 0 Å². The van der Waals surface area contributed by atoms with Crippen molar-refractivity contribution < 1.29 is 5.11 Å². The third kappa shape index (κ3) is 4.30. The van der Waals surface area contributed by atoms with E-state index in [4.69, 9.17) is 0 Å². The van der Waals surface area contributed by atoms with Crippen LogP contribution in [-0.2, 0) is 12.8 Å². The summed E-state index contributed by atoms with van der Waals surface area (Å²) in [7, 11) is 0. The van der Waals surface area contributed by atoms with Crippen molar-refractivity contribution >= 4 is 0 Å². The first kappa shape index (κ1) is 12.8. The Labute approximate surface area is 108 Å². The highest BCUT2D eigenvalue weighted by Crippen LogP contribution is 2.09. The van der Waals surface area contributed by atoms with Gasteiger partial charge in [-0.2, -0.15) is 0 Å². The Bertz CT molecular complexity index is 398. The molecule has 1 aromatic carbocycles. The van der Waals surface area contributed by atoms with E-state index in [9.17, 15) is 5.11 Å². The molecule has 0 saturated carbocycles. The van der Waals surface area contributed by atoms with Crippen molar-refractivity contribution in [1.82, 2.24) is 4.98 Å². The molecule has 2 rings (SSSR count). The average molecular weight is 241 g/mol. The van der Waals surface area contributed by atoms with Gasteiger partial charge in [0.05, 0.1) is 6.10 Å². The molecule has 2 heteroatoms. The molecule has 0 aliphatic carbocycles. The summed E-state index contributed by atoms with van der Waals surface area (Å²) in [6.45, 7) is 0. The van der Waals surface area contributed by atoms with E-state index < -0.39 is 0 Å².